The fourth-order valence-electron chi connectivity index (χ4n) is 3.05. The van der Waals surface area contributed by atoms with E-state index in [1.165, 1.54) is 38.5 Å². The van der Waals surface area contributed by atoms with Gasteiger partial charge in [-0.15, -0.1) is 0 Å². The maximum Gasteiger partial charge on any atom is 0.142 e. The van der Waals surface area contributed by atoms with Crippen molar-refractivity contribution in [1.82, 2.24) is 9.97 Å². The van der Waals surface area contributed by atoms with E-state index < -0.39 is 0 Å². The number of ether oxygens (including phenoxy) is 1. The van der Waals surface area contributed by atoms with Gasteiger partial charge in [-0.3, -0.25) is 0 Å². The van der Waals surface area contributed by atoms with Crippen molar-refractivity contribution in [1.29, 1.82) is 0 Å². The third-order valence-electron chi connectivity index (χ3n) is 4.30. The highest BCUT2D eigenvalue weighted by atomic mass is 35.5. The molecule has 0 saturated heterocycles. The van der Waals surface area contributed by atoms with Crippen molar-refractivity contribution in [2.75, 3.05) is 17.7 Å². The van der Waals surface area contributed by atoms with Crippen molar-refractivity contribution in [2.45, 2.75) is 44.6 Å². The molecule has 0 radical (unpaired) electrons. The normalized spacial score (nSPS) is 15.6. The molecule has 1 saturated carbocycles. The van der Waals surface area contributed by atoms with Crippen LogP contribution in [-0.4, -0.2) is 23.1 Å². The van der Waals surface area contributed by atoms with E-state index in [1.807, 2.05) is 18.2 Å². The van der Waals surface area contributed by atoms with Crippen LogP contribution in [0.25, 0.3) is 0 Å². The summed E-state index contributed by atoms with van der Waals surface area (Å²) in [7, 11) is 1.63. The summed E-state index contributed by atoms with van der Waals surface area (Å²) in [5.41, 5.74) is 0.782. The number of methoxy groups -OCH3 is 1. The molecule has 1 aromatic carbocycles. The smallest absolute Gasteiger partial charge is 0.142 e. The highest BCUT2D eigenvalue weighted by Crippen LogP contribution is 2.30. The monoisotopic (exact) mass is 346 g/mol. The first-order valence-corrected chi connectivity index (χ1v) is 8.81. The number of nitrogens with zero attached hydrogens (tertiary/aromatic N) is 2. The minimum absolute atomic E-state index is 0.496. The zero-order valence-electron chi connectivity index (χ0n) is 13.9. The zero-order chi connectivity index (χ0) is 16.8. The van der Waals surface area contributed by atoms with Gasteiger partial charge in [-0.25, -0.2) is 9.97 Å². The lowest BCUT2D eigenvalue weighted by Crippen LogP contribution is -2.19. The highest BCUT2D eigenvalue weighted by Gasteiger charge is 2.13. The van der Waals surface area contributed by atoms with Crippen LogP contribution in [0.1, 0.15) is 38.5 Å². The molecule has 0 unspecified atom stereocenters. The molecule has 1 aromatic heterocycles. The molecule has 3 rings (SSSR count). The Labute approximate surface area is 147 Å². The van der Waals surface area contributed by atoms with Crippen molar-refractivity contribution >= 4 is 28.9 Å². The van der Waals surface area contributed by atoms with Crippen LogP contribution in [0, 0.1) is 0 Å². The maximum atomic E-state index is 6.07. The van der Waals surface area contributed by atoms with Crippen molar-refractivity contribution in [2.24, 2.45) is 0 Å². The summed E-state index contributed by atoms with van der Waals surface area (Å²) >= 11 is 6.07. The lowest BCUT2D eigenvalue weighted by atomic mass is 10.1. The Morgan fingerprint density at radius 1 is 1.04 bits per heavy atom. The molecule has 0 aliphatic heterocycles. The van der Waals surface area contributed by atoms with Gasteiger partial charge in [0.05, 0.1) is 12.8 Å². The van der Waals surface area contributed by atoms with Crippen LogP contribution in [0.15, 0.2) is 30.6 Å². The van der Waals surface area contributed by atoms with Crippen LogP contribution in [0.2, 0.25) is 5.02 Å². The van der Waals surface area contributed by atoms with Gasteiger partial charge in [-0.2, -0.15) is 0 Å². The Bertz CT molecular complexity index is 672. The molecule has 24 heavy (non-hydrogen) atoms. The molecule has 6 heteroatoms. The molecule has 2 N–H and O–H groups in total. The van der Waals surface area contributed by atoms with E-state index in [9.17, 15) is 0 Å². The van der Waals surface area contributed by atoms with Gasteiger partial charge < -0.3 is 15.4 Å². The number of benzene rings is 1. The van der Waals surface area contributed by atoms with Gasteiger partial charge in [0.1, 0.15) is 23.7 Å². The third kappa shape index (κ3) is 4.51. The Hall–Kier alpha value is -2.01. The van der Waals surface area contributed by atoms with Crippen LogP contribution in [-0.2, 0) is 0 Å². The van der Waals surface area contributed by atoms with Gasteiger partial charge in [-0.05, 0) is 31.0 Å². The van der Waals surface area contributed by atoms with E-state index >= 15 is 0 Å². The Morgan fingerprint density at radius 3 is 2.54 bits per heavy atom. The molecule has 0 bridgehead atoms. The molecule has 2 aromatic rings. The summed E-state index contributed by atoms with van der Waals surface area (Å²) in [6.45, 7) is 0. The second-order valence-corrected chi connectivity index (χ2v) is 6.53. The first-order chi connectivity index (χ1) is 11.7. The average molecular weight is 347 g/mol. The summed E-state index contributed by atoms with van der Waals surface area (Å²) in [4.78, 5) is 8.64. The first-order valence-electron chi connectivity index (χ1n) is 8.44. The van der Waals surface area contributed by atoms with E-state index in [0.29, 0.717) is 16.9 Å². The number of hydrogen-bond acceptors (Lipinski definition) is 5. The molecule has 1 aliphatic rings. The molecular formula is C18H23ClN4O. The Kier molecular flexibility index (Phi) is 5.75. The summed E-state index contributed by atoms with van der Waals surface area (Å²) < 4.78 is 5.36. The van der Waals surface area contributed by atoms with E-state index in [4.69, 9.17) is 16.3 Å². The van der Waals surface area contributed by atoms with Crippen molar-refractivity contribution < 1.29 is 4.74 Å². The lowest BCUT2D eigenvalue weighted by Gasteiger charge is -2.17. The van der Waals surface area contributed by atoms with Gasteiger partial charge in [0.2, 0.25) is 0 Å². The van der Waals surface area contributed by atoms with Gasteiger partial charge in [0.15, 0.2) is 0 Å². The number of aromatic nitrogens is 2. The summed E-state index contributed by atoms with van der Waals surface area (Å²) in [5, 5.41) is 7.44. The lowest BCUT2D eigenvalue weighted by molar-refractivity contribution is 0.417. The van der Waals surface area contributed by atoms with Crippen molar-refractivity contribution in [3.63, 3.8) is 0 Å². The molecular weight excluding hydrogens is 324 g/mol. The summed E-state index contributed by atoms with van der Waals surface area (Å²) in [5.74, 6) is 2.28. The molecule has 0 spiro atoms. The van der Waals surface area contributed by atoms with E-state index in [0.717, 1.165) is 17.3 Å². The second kappa shape index (κ2) is 8.20. The van der Waals surface area contributed by atoms with Crippen molar-refractivity contribution in [3.05, 3.63) is 35.6 Å². The van der Waals surface area contributed by atoms with E-state index in [2.05, 4.69) is 20.6 Å². The fourth-order valence-corrected chi connectivity index (χ4v) is 3.23. The fraction of sp³-hybridized carbons (Fsp3) is 0.444. The van der Waals surface area contributed by atoms with Crippen LogP contribution in [0.5, 0.6) is 5.75 Å². The molecule has 1 heterocycles. The maximum absolute atomic E-state index is 6.07. The van der Waals surface area contributed by atoms with Gasteiger partial charge >= 0.3 is 0 Å². The zero-order valence-corrected chi connectivity index (χ0v) is 14.6. The van der Waals surface area contributed by atoms with Gasteiger partial charge in [0.25, 0.3) is 0 Å². The van der Waals surface area contributed by atoms with Crippen LogP contribution < -0.4 is 15.4 Å². The second-order valence-electron chi connectivity index (χ2n) is 6.09. The minimum Gasteiger partial charge on any atom is -0.495 e. The Balaban J connectivity index is 1.72. The van der Waals surface area contributed by atoms with Crippen molar-refractivity contribution in [3.8, 4) is 5.75 Å². The molecule has 0 atom stereocenters. The largest absolute Gasteiger partial charge is 0.495 e. The Morgan fingerprint density at radius 2 is 1.79 bits per heavy atom. The van der Waals surface area contributed by atoms with Gasteiger partial charge in [0, 0.05) is 17.1 Å². The van der Waals surface area contributed by atoms with E-state index in [1.54, 1.807) is 19.5 Å². The summed E-state index contributed by atoms with van der Waals surface area (Å²) in [6.07, 6.45) is 9.22. The number of rotatable bonds is 5. The van der Waals surface area contributed by atoms with Gasteiger partial charge in [-0.1, -0.05) is 37.3 Å². The quantitative estimate of drug-likeness (QED) is 0.744. The van der Waals surface area contributed by atoms with Crippen LogP contribution in [0.3, 0.4) is 0 Å². The van der Waals surface area contributed by atoms with Crippen LogP contribution >= 0.6 is 11.6 Å². The molecule has 1 aliphatic carbocycles. The predicted octanol–water partition coefficient (Wildman–Crippen LogP) is 5.02. The average Bonchev–Trinajstić information content (AvgIpc) is 2.84. The molecule has 128 valence electrons. The first kappa shape index (κ1) is 16.8. The minimum atomic E-state index is 0.496. The molecule has 1 fully saturated rings. The van der Waals surface area contributed by atoms with Crippen LogP contribution in [0.4, 0.5) is 17.3 Å². The third-order valence-corrected chi connectivity index (χ3v) is 4.53. The number of hydrogen-bond donors (Lipinski definition) is 2. The number of anilines is 3. The molecule has 0 amide bonds. The number of nitrogens with one attached hydrogen (secondary N) is 2. The predicted molar refractivity (Wildman–Crippen MR) is 98.4 cm³/mol. The summed E-state index contributed by atoms with van der Waals surface area (Å²) in [6, 6.07) is 7.86. The highest BCUT2D eigenvalue weighted by molar-refractivity contribution is 6.31. The molecule has 5 nitrogen and oxygen atoms in total. The SMILES string of the molecule is COc1ccc(Cl)cc1Nc1cc(NC2CCCCCC2)ncn1. The standard InChI is InChI=1S/C18H23ClN4O/c1-24-16-9-8-13(19)10-15(16)23-18-11-17(20-12-21-18)22-14-6-4-2-3-5-7-14/h8-12,14H,2-7H2,1H3,(H2,20,21,22,23). The topological polar surface area (TPSA) is 59.1 Å². The number of halogens is 1. The van der Waals surface area contributed by atoms with E-state index in [-0.39, 0.29) is 0 Å².